The summed E-state index contributed by atoms with van der Waals surface area (Å²) in [6.45, 7) is 2.02. The first-order valence-corrected chi connectivity index (χ1v) is 8.27. The van der Waals surface area contributed by atoms with Crippen LogP contribution in [0.25, 0.3) is 0 Å². The van der Waals surface area contributed by atoms with Crippen LogP contribution in [0.5, 0.6) is 0 Å². The van der Waals surface area contributed by atoms with Crippen LogP contribution in [0.2, 0.25) is 0 Å². The minimum atomic E-state index is -0.247. The Hall–Kier alpha value is -2.16. The molecule has 1 atom stereocenters. The molecule has 0 radical (unpaired) electrons. The third-order valence-corrected chi connectivity index (χ3v) is 4.55. The summed E-state index contributed by atoms with van der Waals surface area (Å²) in [6.07, 6.45) is 4.60. The van der Waals surface area contributed by atoms with E-state index in [4.69, 9.17) is 0 Å². The zero-order chi connectivity index (χ0) is 16.2. The van der Waals surface area contributed by atoms with Gasteiger partial charge in [-0.3, -0.25) is 4.79 Å². The molecule has 1 amide bonds. The van der Waals surface area contributed by atoms with Crippen molar-refractivity contribution in [2.45, 2.75) is 45.1 Å². The summed E-state index contributed by atoms with van der Waals surface area (Å²) in [5.41, 5.74) is 5.02. The highest BCUT2D eigenvalue weighted by atomic mass is 19.1. The third kappa shape index (κ3) is 3.98. The van der Waals surface area contributed by atoms with Crippen molar-refractivity contribution in [1.82, 2.24) is 5.32 Å². The smallest absolute Gasteiger partial charge is 0.220 e. The third-order valence-electron chi connectivity index (χ3n) is 4.55. The van der Waals surface area contributed by atoms with Crippen LogP contribution in [0.4, 0.5) is 4.39 Å². The van der Waals surface area contributed by atoms with Crippen molar-refractivity contribution in [2.24, 2.45) is 0 Å². The molecule has 1 N–H and O–H groups in total. The Balaban J connectivity index is 1.54. The van der Waals surface area contributed by atoms with E-state index in [2.05, 4.69) is 23.5 Å². The SMILES string of the molecule is C[C@@H](NC(=O)CCc1ccc(F)cc1)c1ccc2c(c1)CCC2. The minimum Gasteiger partial charge on any atom is -0.350 e. The summed E-state index contributed by atoms with van der Waals surface area (Å²) in [5, 5.41) is 3.06. The lowest BCUT2D eigenvalue weighted by molar-refractivity contribution is -0.121. The van der Waals surface area contributed by atoms with Gasteiger partial charge in [0.25, 0.3) is 0 Å². The van der Waals surface area contributed by atoms with E-state index in [0.717, 1.165) is 12.0 Å². The zero-order valence-electron chi connectivity index (χ0n) is 13.4. The minimum absolute atomic E-state index is 0.0154. The number of benzene rings is 2. The highest BCUT2D eigenvalue weighted by molar-refractivity contribution is 5.76. The van der Waals surface area contributed by atoms with Gasteiger partial charge in [0.1, 0.15) is 5.82 Å². The van der Waals surface area contributed by atoms with Crippen molar-refractivity contribution in [3.05, 3.63) is 70.5 Å². The van der Waals surface area contributed by atoms with Crippen LogP contribution in [-0.4, -0.2) is 5.91 Å². The second-order valence-corrected chi connectivity index (χ2v) is 6.30. The van der Waals surface area contributed by atoms with Crippen molar-refractivity contribution in [1.29, 1.82) is 0 Å². The molecule has 0 aromatic heterocycles. The molecular formula is C20H22FNO. The Morgan fingerprint density at radius 1 is 1.13 bits per heavy atom. The largest absolute Gasteiger partial charge is 0.350 e. The molecule has 0 aliphatic heterocycles. The van der Waals surface area contributed by atoms with Crippen LogP contribution in [0.1, 0.15) is 48.1 Å². The van der Waals surface area contributed by atoms with Crippen LogP contribution in [0.15, 0.2) is 42.5 Å². The van der Waals surface area contributed by atoms with Gasteiger partial charge in [-0.2, -0.15) is 0 Å². The molecule has 2 aromatic rings. The van der Waals surface area contributed by atoms with Crippen LogP contribution in [-0.2, 0) is 24.1 Å². The fourth-order valence-electron chi connectivity index (χ4n) is 3.17. The van der Waals surface area contributed by atoms with E-state index in [1.807, 2.05) is 6.92 Å². The van der Waals surface area contributed by atoms with E-state index in [1.54, 1.807) is 12.1 Å². The number of hydrogen-bond donors (Lipinski definition) is 1. The number of nitrogens with one attached hydrogen (secondary N) is 1. The zero-order valence-corrected chi connectivity index (χ0v) is 13.4. The van der Waals surface area contributed by atoms with Crippen LogP contribution in [0.3, 0.4) is 0 Å². The lowest BCUT2D eigenvalue weighted by Crippen LogP contribution is -2.26. The molecule has 2 aromatic carbocycles. The molecule has 1 aliphatic rings. The van der Waals surface area contributed by atoms with Gasteiger partial charge in [-0.1, -0.05) is 30.3 Å². The van der Waals surface area contributed by atoms with Gasteiger partial charge < -0.3 is 5.32 Å². The number of carbonyl (C=O) groups excluding carboxylic acids is 1. The molecule has 0 bridgehead atoms. The van der Waals surface area contributed by atoms with E-state index in [-0.39, 0.29) is 17.8 Å². The van der Waals surface area contributed by atoms with Gasteiger partial charge in [0.2, 0.25) is 5.91 Å². The maximum absolute atomic E-state index is 12.9. The van der Waals surface area contributed by atoms with Crippen LogP contribution >= 0.6 is 0 Å². The van der Waals surface area contributed by atoms with Crippen molar-refractivity contribution in [2.75, 3.05) is 0 Å². The summed E-state index contributed by atoms with van der Waals surface area (Å²) in [5.74, 6) is -0.217. The highest BCUT2D eigenvalue weighted by Gasteiger charge is 2.14. The molecule has 0 saturated heterocycles. The topological polar surface area (TPSA) is 29.1 Å². The van der Waals surface area contributed by atoms with Crippen molar-refractivity contribution < 1.29 is 9.18 Å². The summed E-state index contributed by atoms with van der Waals surface area (Å²) in [7, 11) is 0. The predicted octanol–water partition coefficient (Wildman–Crippen LogP) is 4.12. The average molecular weight is 311 g/mol. The molecular weight excluding hydrogens is 289 g/mol. The van der Waals surface area contributed by atoms with Crippen LogP contribution in [0, 0.1) is 5.82 Å². The van der Waals surface area contributed by atoms with Crippen molar-refractivity contribution in [3.63, 3.8) is 0 Å². The first-order valence-electron chi connectivity index (χ1n) is 8.27. The molecule has 0 saturated carbocycles. The fourth-order valence-corrected chi connectivity index (χ4v) is 3.17. The lowest BCUT2D eigenvalue weighted by Gasteiger charge is -2.15. The molecule has 0 spiro atoms. The number of carbonyl (C=O) groups is 1. The molecule has 0 heterocycles. The maximum atomic E-state index is 12.9. The summed E-state index contributed by atoms with van der Waals surface area (Å²) < 4.78 is 12.9. The van der Waals surface area contributed by atoms with E-state index >= 15 is 0 Å². The van der Waals surface area contributed by atoms with Gasteiger partial charge in [-0.05, 0) is 67.0 Å². The second-order valence-electron chi connectivity index (χ2n) is 6.30. The maximum Gasteiger partial charge on any atom is 0.220 e. The number of halogens is 1. The van der Waals surface area contributed by atoms with Crippen molar-refractivity contribution in [3.8, 4) is 0 Å². The van der Waals surface area contributed by atoms with E-state index in [1.165, 1.54) is 41.7 Å². The molecule has 0 fully saturated rings. The van der Waals surface area contributed by atoms with Crippen LogP contribution < -0.4 is 5.32 Å². The van der Waals surface area contributed by atoms with Gasteiger partial charge in [-0.25, -0.2) is 4.39 Å². The quantitative estimate of drug-likeness (QED) is 0.884. The predicted molar refractivity (Wildman–Crippen MR) is 89.7 cm³/mol. The Labute approximate surface area is 136 Å². The van der Waals surface area contributed by atoms with Crippen molar-refractivity contribution >= 4 is 5.91 Å². The van der Waals surface area contributed by atoms with E-state index in [0.29, 0.717) is 12.8 Å². The Bertz CT molecular complexity index is 693. The number of aryl methyl sites for hydroxylation is 3. The van der Waals surface area contributed by atoms with Gasteiger partial charge in [0, 0.05) is 6.42 Å². The molecule has 3 rings (SSSR count). The normalized spacial score (nSPS) is 14.3. The molecule has 0 unspecified atom stereocenters. The summed E-state index contributed by atoms with van der Waals surface area (Å²) >= 11 is 0. The Morgan fingerprint density at radius 3 is 2.65 bits per heavy atom. The molecule has 23 heavy (non-hydrogen) atoms. The van der Waals surface area contributed by atoms with E-state index < -0.39 is 0 Å². The highest BCUT2D eigenvalue weighted by Crippen LogP contribution is 2.25. The Morgan fingerprint density at radius 2 is 1.87 bits per heavy atom. The molecule has 2 nitrogen and oxygen atoms in total. The number of amides is 1. The van der Waals surface area contributed by atoms with Gasteiger partial charge in [0.05, 0.1) is 6.04 Å². The fraction of sp³-hybridized carbons (Fsp3) is 0.350. The first-order chi connectivity index (χ1) is 11.1. The summed E-state index contributed by atoms with van der Waals surface area (Å²) in [6, 6.07) is 12.9. The molecule has 3 heteroatoms. The number of fused-ring (bicyclic) bond motifs is 1. The summed E-state index contributed by atoms with van der Waals surface area (Å²) in [4.78, 5) is 12.1. The van der Waals surface area contributed by atoms with Gasteiger partial charge in [0.15, 0.2) is 0 Å². The van der Waals surface area contributed by atoms with Gasteiger partial charge in [-0.15, -0.1) is 0 Å². The number of hydrogen-bond acceptors (Lipinski definition) is 1. The Kier molecular flexibility index (Phi) is 4.75. The second kappa shape index (κ2) is 6.95. The average Bonchev–Trinajstić information content (AvgIpc) is 3.02. The first kappa shape index (κ1) is 15.7. The molecule has 120 valence electrons. The van der Waals surface area contributed by atoms with Gasteiger partial charge >= 0.3 is 0 Å². The number of rotatable bonds is 5. The van der Waals surface area contributed by atoms with E-state index in [9.17, 15) is 9.18 Å². The standard InChI is InChI=1S/C20H22FNO/c1-14(17-9-8-16-3-2-4-18(16)13-17)22-20(23)12-7-15-5-10-19(21)11-6-15/h5-6,8-11,13-14H,2-4,7,12H2,1H3,(H,22,23)/t14-/m1/s1. The monoisotopic (exact) mass is 311 g/mol. The molecule has 1 aliphatic carbocycles. The lowest BCUT2D eigenvalue weighted by atomic mass is 10.0.